The summed E-state index contributed by atoms with van der Waals surface area (Å²) in [5.41, 5.74) is 1.15. The summed E-state index contributed by atoms with van der Waals surface area (Å²) in [6.07, 6.45) is 5.22. The lowest BCUT2D eigenvalue weighted by molar-refractivity contribution is 0.0783. The maximum atomic E-state index is 6.18. The summed E-state index contributed by atoms with van der Waals surface area (Å²) in [6.45, 7) is 3.41. The molecule has 1 aliphatic rings. The first-order valence-electron chi connectivity index (χ1n) is 8.00. The number of halogens is 2. The first kappa shape index (κ1) is 21.9. The molecule has 0 bridgehead atoms. The maximum absolute atomic E-state index is 6.18. The third-order valence-electron chi connectivity index (χ3n) is 4.28. The third kappa shape index (κ3) is 6.61. The molecule has 0 spiro atoms. The average molecular weight is 484 g/mol. The van der Waals surface area contributed by atoms with E-state index in [0.29, 0.717) is 0 Å². The molecule has 0 radical (unpaired) electrons. The predicted octanol–water partition coefficient (Wildman–Crippen LogP) is 3.58. The Bertz CT molecular complexity index is 524. The van der Waals surface area contributed by atoms with Crippen molar-refractivity contribution >= 4 is 53.3 Å². The van der Waals surface area contributed by atoms with Crippen LogP contribution >= 0.6 is 47.3 Å². The number of nitrogens with zero attached hydrogens (tertiary/aromatic N) is 1. The highest BCUT2D eigenvalue weighted by Crippen LogP contribution is 2.32. The van der Waals surface area contributed by atoms with Gasteiger partial charge in [0, 0.05) is 43.1 Å². The molecule has 1 aliphatic heterocycles. The summed E-state index contributed by atoms with van der Waals surface area (Å²) in [5.74, 6) is 0.844. The van der Waals surface area contributed by atoms with Crippen LogP contribution < -0.4 is 10.6 Å². The number of hydrogen-bond donors (Lipinski definition) is 2. The van der Waals surface area contributed by atoms with Gasteiger partial charge in [-0.2, -0.15) is 11.8 Å². The average Bonchev–Trinajstić information content (AvgIpc) is 2.60. The van der Waals surface area contributed by atoms with Crippen molar-refractivity contribution in [2.75, 3.05) is 39.6 Å². The summed E-state index contributed by atoms with van der Waals surface area (Å²) in [6, 6.07) is 7.96. The van der Waals surface area contributed by atoms with Crippen molar-refractivity contribution in [3.63, 3.8) is 0 Å². The zero-order chi connectivity index (χ0) is 16.5. The molecule has 0 unspecified atom stereocenters. The molecular weight excluding hydrogens is 457 g/mol. The molecule has 4 nitrogen and oxygen atoms in total. The van der Waals surface area contributed by atoms with E-state index in [1.165, 1.54) is 0 Å². The van der Waals surface area contributed by atoms with Crippen LogP contribution in [-0.2, 0) is 11.2 Å². The van der Waals surface area contributed by atoms with Gasteiger partial charge >= 0.3 is 0 Å². The number of ether oxygens (including phenoxy) is 1. The summed E-state index contributed by atoms with van der Waals surface area (Å²) in [4.78, 5) is 4.31. The molecule has 1 aromatic carbocycles. The second kappa shape index (κ2) is 11.4. The second-order valence-corrected chi connectivity index (χ2v) is 7.37. The lowest BCUT2D eigenvalue weighted by atomic mass is 9.99. The molecule has 0 aromatic heterocycles. The summed E-state index contributed by atoms with van der Waals surface area (Å²) in [7, 11) is 1.81. The first-order valence-corrected chi connectivity index (χ1v) is 9.60. The fraction of sp³-hybridized carbons (Fsp3) is 0.588. The van der Waals surface area contributed by atoms with Gasteiger partial charge in [-0.15, -0.1) is 24.0 Å². The highest BCUT2D eigenvalue weighted by atomic mass is 127. The molecule has 1 aromatic rings. The van der Waals surface area contributed by atoms with Gasteiger partial charge in [0.05, 0.1) is 0 Å². The molecule has 7 heteroatoms. The van der Waals surface area contributed by atoms with Crippen molar-refractivity contribution in [2.45, 2.75) is 24.0 Å². The van der Waals surface area contributed by atoms with E-state index in [9.17, 15) is 0 Å². The van der Waals surface area contributed by atoms with Gasteiger partial charge in [-0.05, 0) is 37.1 Å². The van der Waals surface area contributed by atoms with E-state index in [1.807, 2.05) is 30.0 Å². The molecule has 2 N–H and O–H groups in total. The van der Waals surface area contributed by atoms with Gasteiger partial charge in [0.15, 0.2) is 5.96 Å². The van der Waals surface area contributed by atoms with Crippen LogP contribution in [0.15, 0.2) is 29.3 Å². The standard InChI is InChI=1S/C17H26ClN3OS.HI/c1-19-16(20-10-7-14-5-3-4-6-15(14)18)21-13-17(23-2)8-11-22-12-9-17;/h3-6H,7-13H2,1-2H3,(H2,19,20,21);1H. The zero-order valence-corrected chi connectivity index (χ0v) is 18.2. The van der Waals surface area contributed by atoms with Gasteiger partial charge < -0.3 is 15.4 Å². The van der Waals surface area contributed by atoms with Gasteiger partial charge in [0.25, 0.3) is 0 Å². The summed E-state index contributed by atoms with van der Waals surface area (Å²) in [5, 5.41) is 7.65. The molecule has 1 fully saturated rings. The summed E-state index contributed by atoms with van der Waals surface area (Å²) >= 11 is 8.11. The number of thioether (sulfide) groups is 1. The molecule has 0 atom stereocenters. The van der Waals surface area contributed by atoms with E-state index in [0.717, 1.165) is 62.1 Å². The Kier molecular flexibility index (Phi) is 10.4. The van der Waals surface area contributed by atoms with Crippen molar-refractivity contribution in [1.29, 1.82) is 0 Å². The van der Waals surface area contributed by atoms with E-state index >= 15 is 0 Å². The van der Waals surface area contributed by atoms with Crippen LogP contribution in [0.2, 0.25) is 5.02 Å². The van der Waals surface area contributed by atoms with E-state index in [2.05, 4.69) is 27.9 Å². The molecule has 24 heavy (non-hydrogen) atoms. The normalized spacial score (nSPS) is 17.0. The van der Waals surface area contributed by atoms with Gasteiger partial charge in [0.2, 0.25) is 0 Å². The SMILES string of the molecule is CN=C(NCCc1ccccc1Cl)NCC1(SC)CCOCC1.I. The zero-order valence-electron chi connectivity index (χ0n) is 14.3. The number of rotatable bonds is 6. The van der Waals surface area contributed by atoms with Crippen LogP contribution in [0.4, 0.5) is 0 Å². The fourth-order valence-corrected chi connectivity index (χ4v) is 3.70. The van der Waals surface area contributed by atoms with Gasteiger partial charge in [-0.3, -0.25) is 4.99 Å². The number of benzene rings is 1. The Balaban J connectivity index is 0.00000288. The fourth-order valence-electron chi connectivity index (χ4n) is 2.68. The van der Waals surface area contributed by atoms with Crippen LogP contribution in [0, 0.1) is 0 Å². The summed E-state index contributed by atoms with van der Waals surface area (Å²) < 4.78 is 5.73. The largest absolute Gasteiger partial charge is 0.381 e. The molecule has 2 rings (SSSR count). The van der Waals surface area contributed by atoms with Gasteiger partial charge in [-0.25, -0.2) is 0 Å². The Hall–Kier alpha value is -0.180. The molecule has 1 saturated heterocycles. The van der Waals surface area contributed by atoms with Gasteiger partial charge in [-0.1, -0.05) is 29.8 Å². The topological polar surface area (TPSA) is 45.7 Å². The Labute approximate surface area is 171 Å². The van der Waals surface area contributed by atoms with Crippen LogP contribution in [-0.4, -0.2) is 50.3 Å². The molecule has 0 aliphatic carbocycles. The van der Waals surface area contributed by atoms with Gasteiger partial charge in [0.1, 0.15) is 0 Å². The van der Waals surface area contributed by atoms with Crippen molar-refractivity contribution in [1.82, 2.24) is 10.6 Å². The Morgan fingerprint density at radius 1 is 1.29 bits per heavy atom. The predicted molar refractivity (Wildman–Crippen MR) is 116 cm³/mol. The van der Waals surface area contributed by atoms with E-state index in [1.54, 1.807) is 7.05 Å². The number of guanidine groups is 1. The molecule has 1 heterocycles. The maximum Gasteiger partial charge on any atom is 0.191 e. The third-order valence-corrected chi connectivity index (χ3v) is 6.07. The Morgan fingerprint density at radius 2 is 2.00 bits per heavy atom. The number of hydrogen-bond acceptors (Lipinski definition) is 3. The van der Waals surface area contributed by atoms with Crippen LogP contribution in [0.5, 0.6) is 0 Å². The minimum atomic E-state index is 0. The van der Waals surface area contributed by atoms with Crippen molar-refractivity contribution in [3.05, 3.63) is 34.9 Å². The lowest BCUT2D eigenvalue weighted by Crippen LogP contribution is -2.48. The minimum Gasteiger partial charge on any atom is -0.381 e. The van der Waals surface area contributed by atoms with Crippen molar-refractivity contribution < 1.29 is 4.74 Å². The Morgan fingerprint density at radius 3 is 2.62 bits per heavy atom. The molecular formula is C17H27ClIN3OS. The van der Waals surface area contributed by atoms with Crippen molar-refractivity contribution in [3.8, 4) is 0 Å². The lowest BCUT2D eigenvalue weighted by Gasteiger charge is -2.36. The highest BCUT2D eigenvalue weighted by Gasteiger charge is 2.31. The van der Waals surface area contributed by atoms with E-state index in [-0.39, 0.29) is 28.7 Å². The molecule has 0 saturated carbocycles. The quantitative estimate of drug-likeness (QED) is 0.369. The molecule has 0 amide bonds. The number of nitrogens with one attached hydrogen (secondary N) is 2. The van der Waals surface area contributed by atoms with Crippen molar-refractivity contribution in [2.24, 2.45) is 4.99 Å². The molecule has 136 valence electrons. The first-order chi connectivity index (χ1) is 11.2. The smallest absolute Gasteiger partial charge is 0.191 e. The van der Waals surface area contributed by atoms with E-state index in [4.69, 9.17) is 16.3 Å². The second-order valence-electron chi connectivity index (χ2n) is 5.69. The van der Waals surface area contributed by atoms with Crippen LogP contribution in [0.25, 0.3) is 0 Å². The van der Waals surface area contributed by atoms with E-state index < -0.39 is 0 Å². The van der Waals surface area contributed by atoms with Crippen LogP contribution in [0.1, 0.15) is 18.4 Å². The minimum absolute atomic E-state index is 0. The monoisotopic (exact) mass is 483 g/mol. The van der Waals surface area contributed by atoms with Crippen LogP contribution in [0.3, 0.4) is 0 Å². The highest BCUT2D eigenvalue weighted by molar-refractivity contribution is 14.0. The number of aliphatic imine (C=N–C) groups is 1.